The van der Waals surface area contributed by atoms with Crippen LogP contribution in [0.2, 0.25) is 0 Å². The third-order valence-corrected chi connectivity index (χ3v) is 6.54. The number of aromatic nitrogens is 3. The maximum Gasteiger partial charge on any atom is 0.164 e. The van der Waals surface area contributed by atoms with Gasteiger partial charge in [-0.05, 0) is 17.7 Å². The van der Waals surface area contributed by atoms with E-state index in [0.29, 0.717) is 17.5 Å². The van der Waals surface area contributed by atoms with E-state index < -0.39 is 0 Å². The molecule has 0 spiro atoms. The summed E-state index contributed by atoms with van der Waals surface area (Å²) in [5, 5.41) is 2.23. The molecule has 174 valence electrons. The summed E-state index contributed by atoms with van der Waals surface area (Å²) in [7, 11) is 0. The molecule has 5 aromatic carbocycles. The van der Waals surface area contributed by atoms with Gasteiger partial charge < -0.3 is 4.42 Å². The third kappa shape index (κ3) is 3.85. The predicted molar refractivity (Wildman–Crippen MR) is 149 cm³/mol. The molecule has 0 bridgehead atoms. The summed E-state index contributed by atoms with van der Waals surface area (Å²) < 4.78 is 6.30. The number of hydrogen-bond donors (Lipinski definition) is 0. The van der Waals surface area contributed by atoms with Gasteiger partial charge in [0.25, 0.3) is 0 Å². The second-order valence-corrected chi connectivity index (χ2v) is 8.90. The van der Waals surface area contributed by atoms with Crippen molar-refractivity contribution in [3.05, 3.63) is 127 Å². The summed E-state index contributed by atoms with van der Waals surface area (Å²) in [6.45, 7) is 0. The van der Waals surface area contributed by atoms with Gasteiger partial charge >= 0.3 is 0 Å². The average Bonchev–Trinajstić information content (AvgIpc) is 3.37. The number of benzene rings is 5. The van der Waals surface area contributed by atoms with Gasteiger partial charge in [-0.1, -0.05) is 115 Å². The Balaban J connectivity index is 1.40. The van der Waals surface area contributed by atoms with Gasteiger partial charge in [-0.15, -0.1) is 0 Å². The zero-order valence-electron chi connectivity index (χ0n) is 19.9. The van der Waals surface area contributed by atoms with E-state index in [2.05, 4.69) is 36.4 Å². The van der Waals surface area contributed by atoms with E-state index in [1.165, 1.54) is 0 Å². The molecule has 0 unspecified atom stereocenters. The molecule has 2 heterocycles. The molecule has 0 saturated heterocycles. The van der Waals surface area contributed by atoms with E-state index in [0.717, 1.165) is 49.8 Å². The lowest BCUT2D eigenvalue weighted by molar-refractivity contribution is 0.670. The Kier molecular flexibility index (Phi) is 5.07. The standard InChI is InChI=1S/C33H21N3O/c1-3-11-22(12-4-1)31-34-32(23-13-5-2-6-14-23)36-33(35-31)25-16-9-15-24(21-25)26-18-10-19-28-27-17-7-8-20-29(27)37-30(26)28/h1-21H. The molecule has 0 saturated carbocycles. The van der Waals surface area contributed by atoms with Crippen LogP contribution in [-0.2, 0) is 0 Å². The molecule has 7 aromatic rings. The molecular weight excluding hydrogens is 454 g/mol. The average molecular weight is 476 g/mol. The summed E-state index contributed by atoms with van der Waals surface area (Å²) in [4.78, 5) is 14.6. The maximum atomic E-state index is 6.30. The van der Waals surface area contributed by atoms with Gasteiger partial charge in [0.2, 0.25) is 0 Å². The zero-order valence-corrected chi connectivity index (χ0v) is 19.9. The van der Waals surface area contributed by atoms with Crippen molar-refractivity contribution in [3.63, 3.8) is 0 Å². The number of fused-ring (bicyclic) bond motifs is 3. The lowest BCUT2D eigenvalue weighted by Crippen LogP contribution is -2.00. The summed E-state index contributed by atoms with van der Waals surface area (Å²) in [6.07, 6.45) is 0. The van der Waals surface area contributed by atoms with Crippen LogP contribution in [0, 0.1) is 0 Å². The maximum absolute atomic E-state index is 6.30. The Labute approximate surface area is 213 Å². The van der Waals surface area contributed by atoms with Gasteiger partial charge in [0, 0.05) is 33.0 Å². The molecule has 37 heavy (non-hydrogen) atoms. The van der Waals surface area contributed by atoms with E-state index in [4.69, 9.17) is 19.4 Å². The van der Waals surface area contributed by atoms with Crippen LogP contribution < -0.4 is 0 Å². The molecule has 7 rings (SSSR count). The van der Waals surface area contributed by atoms with Crippen molar-refractivity contribution in [3.8, 4) is 45.3 Å². The van der Waals surface area contributed by atoms with Crippen molar-refractivity contribution in [2.75, 3.05) is 0 Å². The molecule has 0 fully saturated rings. The second kappa shape index (κ2) is 8.85. The summed E-state index contributed by atoms with van der Waals surface area (Å²) in [6, 6.07) is 42.8. The van der Waals surface area contributed by atoms with Crippen LogP contribution in [0.1, 0.15) is 0 Å². The SMILES string of the molecule is c1ccc(-c2nc(-c3ccccc3)nc(-c3cccc(-c4cccc5c4oc4ccccc45)c3)n2)cc1. The van der Waals surface area contributed by atoms with Gasteiger partial charge in [0.05, 0.1) is 0 Å². The fourth-order valence-electron chi connectivity index (χ4n) is 4.74. The van der Waals surface area contributed by atoms with Gasteiger partial charge in [-0.3, -0.25) is 0 Å². The molecule has 0 atom stereocenters. The van der Waals surface area contributed by atoms with Crippen LogP contribution in [0.5, 0.6) is 0 Å². The molecule has 0 amide bonds. The highest BCUT2D eigenvalue weighted by Gasteiger charge is 2.15. The highest BCUT2D eigenvalue weighted by Crippen LogP contribution is 2.36. The van der Waals surface area contributed by atoms with Crippen molar-refractivity contribution in [2.45, 2.75) is 0 Å². The van der Waals surface area contributed by atoms with Gasteiger partial charge in [-0.2, -0.15) is 0 Å². The van der Waals surface area contributed by atoms with E-state index >= 15 is 0 Å². The number of rotatable bonds is 4. The molecular formula is C33H21N3O. The zero-order chi connectivity index (χ0) is 24.6. The van der Waals surface area contributed by atoms with Crippen molar-refractivity contribution in [2.24, 2.45) is 0 Å². The Hall–Kier alpha value is -5.09. The van der Waals surface area contributed by atoms with E-state index in [1.807, 2.05) is 91.0 Å². The fourth-order valence-corrected chi connectivity index (χ4v) is 4.74. The Morgan fingerprint density at radius 1 is 0.405 bits per heavy atom. The fraction of sp³-hybridized carbons (Fsp3) is 0. The molecule has 0 aliphatic rings. The quantitative estimate of drug-likeness (QED) is 0.256. The van der Waals surface area contributed by atoms with Crippen molar-refractivity contribution >= 4 is 21.9 Å². The van der Waals surface area contributed by atoms with Crippen LogP contribution in [0.4, 0.5) is 0 Å². The number of furan rings is 1. The number of hydrogen-bond acceptors (Lipinski definition) is 4. The van der Waals surface area contributed by atoms with E-state index in [9.17, 15) is 0 Å². The van der Waals surface area contributed by atoms with Gasteiger partial charge in [-0.25, -0.2) is 15.0 Å². The van der Waals surface area contributed by atoms with Crippen LogP contribution in [0.3, 0.4) is 0 Å². The highest BCUT2D eigenvalue weighted by molar-refractivity contribution is 6.09. The molecule has 2 aromatic heterocycles. The van der Waals surface area contributed by atoms with E-state index in [-0.39, 0.29) is 0 Å². The lowest BCUT2D eigenvalue weighted by atomic mass is 10.00. The highest BCUT2D eigenvalue weighted by atomic mass is 16.3. The molecule has 0 radical (unpaired) electrons. The van der Waals surface area contributed by atoms with Crippen molar-refractivity contribution in [1.29, 1.82) is 0 Å². The van der Waals surface area contributed by atoms with E-state index in [1.54, 1.807) is 0 Å². The molecule has 0 N–H and O–H groups in total. The smallest absolute Gasteiger partial charge is 0.164 e. The normalized spacial score (nSPS) is 11.2. The minimum atomic E-state index is 0.631. The summed E-state index contributed by atoms with van der Waals surface area (Å²) in [5.74, 6) is 1.93. The first-order valence-corrected chi connectivity index (χ1v) is 12.2. The Morgan fingerprint density at radius 3 is 1.62 bits per heavy atom. The van der Waals surface area contributed by atoms with Crippen LogP contribution in [-0.4, -0.2) is 15.0 Å². The third-order valence-electron chi connectivity index (χ3n) is 6.54. The van der Waals surface area contributed by atoms with Crippen LogP contribution >= 0.6 is 0 Å². The van der Waals surface area contributed by atoms with Crippen molar-refractivity contribution in [1.82, 2.24) is 15.0 Å². The Morgan fingerprint density at radius 2 is 0.919 bits per heavy atom. The molecule has 4 heteroatoms. The minimum absolute atomic E-state index is 0.631. The number of nitrogens with zero attached hydrogens (tertiary/aromatic N) is 3. The lowest BCUT2D eigenvalue weighted by Gasteiger charge is -2.10. The summed E-state index contributed by atoms with van der Waals surface area (Å²) >= 11 is 0. The number of para-hydroxylation sites is 2. The summed E-state index contributed by atoms with van der Waals surface area (Å²) in [5.41, 5.74) is 6.67. The topological polar surface area (TPSA) is 51.8 Å². The van der Waals surface area contributed by atoms with Gasteiger partial charge in [0.15, 0.2) is 17.5 Å². The molecule has 4 nitrogen and oxygen atoms in total. The largest absolute Gasteiger partial charge is 0.455 e. The minimum Gasteiger partial charge on any atom is -0.455 e. The predicted octanol–water partition coefficient (Wildman–Crippen LogP) is 8.44. The van der Waals surface area contributed by atoms with Gasteiger partial charge in [0.1, 0.15) is 11.2 Å². The first-order chi connectivity index (χ1) is 18.3. The first-order valence-electron chi connectivity index (χ1n) is 12.2. The monoisotopic (exact) mass is 475 g/mol. The van der Waals surface area contributed by atoms with Crippen molar-refractivity contribution < 1.29 is 4.42 Å². The Bertz CT molecular complexity index is 1820. The molecule has 0 aliphatic carbocycles. The second-order valence-electron chi connectivity index (χ2n) is 8.90. The first kappa shape index (κ1) is 21.2. The molecule has 0 aliphatic heterocycles. The van der Waals surface area contributed by atoms with Crippen LogP contribution in [0.15, 0.2) is 132 Å². The van der Waals surface area contributed by atoms with Crippen LogP contribution in [0.25, 0.3) is 67.2 Å².